The van der Waals surface area contributed by atoms with Gasteiger partial charge in [0.25, 0.3) is 0 Å². The van der Waals surface area contributed by atoms with E-state index in [2.05, 4.69) is 65.4 Å². The highest BCUT2D eigenvalue weighted by atomic mass is 79.9. The Hall–Kier alpha value is -0.830. The van der Waals surface area contributed by atoms with Gasteiger partial charge < -0.3 is 5.32 Å². The molecule has 0 bridgehead atoms. The van der Waals surface area contributed by atoms with Crippen molar-refractivity contribution in [3.05, 3.63) is 68.7 Å². The van der Waals surface area contributed by atoms with Crippen LogP contribution in [0.3, 0.4) is 0 Å². The van der Waals surface area contributed by atoms with Crippen molar-refractivity contribution in [2.75, 3.05) is 6.54 Å². The fourth-order valence-electron chi connectivity index (χ4n) is 2.22. The van der Waals surface area contributed by atoms with E-state index in [1.807, 2.05) is 12.1 Å². The van der Waals surface area contributed by atoms with Crippen molar-refractivity contribution in [1.82, 2.24) is 5.32 Å². The van der Waals surface area contributed by atoms with Crippen LogP contribution < -0.4 is 5.32 Å². The molecule has 1 N–H and O–H groups in total. The summed E-state index contributed by atoms with van der Waals surface area (Å²) in [5, 5.41) is 4.27. The van der Waals surface area contributed by atoms with Gasteiger partial charge >= 0.3 is 0 Å². The molecule has 1 nitrogen and oxygen atoms in total. The van der Waals surface area contributed by atoms with Crippen molar-refractivity contribution in [2.24, 2.45) is 0 Å². The maximum absolute atomic E-state index is 6.16. The Morgan fingerprint density at radius 2 is 1.95 bits per heavy atom. The van der Waals surface area contributed by atoms with Gasteiger partial charge in [0.05, 0.1) is 6.04 Å². The first-order chi connectivity index (χ1) is 9.10. The summed E-state index contributed by atoms with van der Waals surface area (Å²) in [5.74, 6) is 0. The van der Waals surface area contributed by atoms with Gasteiger partial charge in [-0.05, 0) is 42.8 Å². The number of nitrogens with one attached hydrogen (secondary N) is 1. The van der Waals surface area contributed by atoms with E-state index in [0.717, 1.165) is 16.0 Å². The van der Waals surface area contributed by atoms with Gasteiger partial charge in [0, 0.05) is 9.50 Å². The van der Waals surface area contributed by atoms with E-state index in [-0.39, 0.29) is 6.04 Å². The van der Waals surface area contributed by atoms with Crippen LogP contribution >= 0.6 is 27.5 Å². The maximum Gasteiger partial charge on any atom is 0.0577 e. The summed E-state index contributed by atoms with van der Waals surface area (Å²) in [7, 11) is 0. The van der Waals surface area contributed by atoms with Crippen LogP contribution in [0.2, 0.25) is 5.02 Å². The predicted octanol–water partition coefficient (Wildman–Crippen LogP) is 5.11. The van der Waals surface area contributed by atoms with E-state index in [9.17, 15) is 0 Å². The first-order valence-electron chi connectivity index (χ1n) is 6.36. The van der Waals surface area contributed by atoms with Gasteiger partial charge in [-0.3, -0.25) is 0 Å². The summed E-state index contributed by atoms with van der Waals surface area (Å²) in [6, 6.07) is 14.8. The zero-order valence-corrected chi connectivity index (χ0v) is 13.4. The third-order valence-electron chi connectivity index (χ3n) is 3.00. The molecular formula is C16H17BrClN. The minimum Gasteiger partial charge on any atom is -0.307 e. The van der Waals surface area contributed by atoms with Crippen LogP contribution in [0.15, 0.2) is 46.9 Å². The predicted molar refractivity (Wildman–Crippen MR) is 85.9 cm³/mol. The largest absolute Gasteiger partial charge is 0.307 e. The quantitative estimate of drug-likeness (QED) is 0.817. The van der Waals surface area contributed by atoms with E-state index in [4.69, 9.17) is 11.6 Å². The van der Waals surface area contributed by atoms with Crippen LogP contribution in [-0.4, -0.2) is 6.54 Å². The number of hydrogen-bond acceptors (Lipinski definition) is 1. The van der Waals surface area contributed by atoms with Gasteiger partial charge in [0.2, 0.25) is 0 Å². The highest BCUT2D eigenvalue weighted by Gasteiger charge is 2.14. The third kappa shape index (κ3) is 3.82. The molecule has 0 heterocycles. The summed E-state index contributed by atoms with van der Waals surface area (Å²) < 4.78 is 1.01. The summed E-state index contributed by atoms with van der Waals surface area (Å²) in [4.78, 5) is 0. The molecule has 19 heavy (non-hydrogen) atoms. The van der Waals surface area contributed by atoms with Gasteiger partial charge in [-0.25, -0.2) is 0 Å². The third-order valence-corrected chi connectivity index (χ3v) is 3.68. The minimum atomic E-state index is 0.167. The van der Waals surface area contributed by atoms with Crippen LogP contribution in [0, 0.1) is 6.92 Å². The molecule has 2 rings (SSSR count). The zero-order chi connectivity index (χ0) is 13.8. The van der Waals surface area contributed by atoms with E-state index >= 15 is 0 Å². The molecule has 0 aromatic heterocycles. The van der Waals surface area contributed by atoms with E-state index in [0.29, 0.717) is 0 Å². The zero-order valence-electron chi connectivity index (χ0n) is 11.1. The smallest absolute Gasteiger partial charge is 0.0577 e. The van der Waals surface area contributed by atoms with Crippen LogP contribution in [-0.2, 0) is 0 Å². The van der Waals surface area contributed by atoms with Gasteiger partial charge in [0.1, 0.15) is 0 Å². The fourth-order valence-corrected chi connectivity index (χ4v) is 3.11. The molecule has 1 atom stereocenters. The van der Waals surface area contributed by atoms with Crippen molar-refractivity contribution in [3.8, 4) is 0 Å². The Morgan fingerprint density at radius 3 is 2.58 bits per heavy atom. The Morgan fingerprint density at radius 1 is 1.16 bits per heavy atom. The lowest BCUT2D eigenvalue weighted by Gasteiger charge is -2.20. The van der Waals surface area contributed by atoms with E-state index in [1.165, 1.54) is 16.7 Å². The lowest BCUT2D eigenvalue weighted by molar-refractivity contribution is 0.630. The molecule has 0 spiro atoms. The van der Waals surface area contributed by atoms with Gasteiger partial charge in [-0.2, -0.15) is 0 Å². The molecule has 0 radical (unpaired) electrons. The number of halogens is 2. The Bertz CT molecular complexity index is 548. The molecular weight excluding hydrogens is 322 g/mol. The second-order valence-electron chi connectivity index (χ2n) is 4.61. The number of hydrogen-bond donors (Lipinski definition) is 1. The van der Waals surface area contributed by atoms with Crippen molar-refractivity contribution in [1.29, 1.82) is 0 Å². The minimum absolute atomic E-state index is 0.167. The molecule has 0 aliphatic carbocycles. The molecule has 0 aliphatic heterocycles. The Labute approximate surface area is 128 Å². The average molecular weight is 339 g/mol. The van der Waals surface area contributed by atoms with E-state index in [1.54, 1.807) is 0 Å². The summed E-state index contributed by atoms with van der Waals surface area (Å²) in [6.45, 7) is 5.13. The van der Waals surface area contributed by atoms with Crippen LogP contribution in [0.1, 0.15) is 29.7 Å². The topological polar surface area (TPSA) is 12.0 Å². The molecule has 0 saturated heterocycles. The van der Waals surface area contributed by atoms with Gasteiger partial charge in [-0.1, -0.05) is 64.3 Å². The SMILES string of the molecule is CCNC(c1cccc(C)c1)c1cc(Cl)cc(Br)c1. The molecule has 1 unspecified atom stereocenters. The standard InChI is InChI=1S/C16H17BrClN/c1-3-19-16(12-6-4-5-11(2)7-12)13-8-14(17)10-15(18)9-13/h4-10,16,19H,3H2,1-2H3. The van der Waals surface area contributed by atoms with Crippen LogP contribution in [0.5, 0.6) is 0 Å². The first kappa shape index (κ1) is 14.6. The van der Waals surface area contributed by atoms with Gasteiger partial charge in [0.15, 0.2) is 0 Å². The van der Waals surface area contributed by atoms with E-state index < -0.39 is 0 Å². The van der Waals surface area contributed by atoms with Crippen LogP contribution in [0.25, 0.3) is 0 Å². The Kier molecular flexibility index (Phi) is 5.03. The first-order valence-corrected chi connectivity index (χ1v) is 7.53. The van der Waals surface area contributed by atoms with Crippen molar-refractivity contribution in [2.45, 2.75) is 19.9 Å². The number of benzene rings is 2. The summed E-state index contributed by atoms with van der Waals surface area (Å²) in [6.07, 6.45) is 0. The van der Waals surface area contributed by atoms with Crippen LogP contribution in [0.4, 0.5) is 0 Å². The van der Waals surface area contributed by atoms with Crippen molar-refractivity contribution in [3.63, 3.8) is 0 Å². The molecule has 0 aliphatic rings. The molecule has 0 fully saturated rings. The monoisotopic (exact) mass is 337 g/mol. The summed E-state index contributed by atoms with van der Waals surface area (Å²) in [5.41, 5.74) is 3.70. The lowest BCUT2D eigenvalue weighted by Crippen LogP contribution is -2.22. The van der Waals surface area contributed by atoms with Gasteiger partial charge in [-0.15, -0.1) is 0 Å². The second-order valence-corrected chi connectivity index (χ2v) is 5.96. The molecule has 2 aromatic carbocycles. The highest BCUT2D eigenvalue weighted by molar-refractivity contribution is 9.10. The maximum atomic E-state index is 6.16. The van der Waals surface area contributed by atoms with Crippen molar-refractivity contribution >= 4 is 27.5 Å². The second kappa shape index (κ2) is 6.56. The molecule has 0 saturated carbocycles. The fraction of sp³-hybridized carbons (Fsp3) is 0.250. The molecule has 100 valence electrons. The molecule has 2 aromatic rings. The average Bonchev–Trinajstić information content (AvgIpc) is 2.34. The number of rotatable bonds is 4. The number of aryl methyl sites for hydroxylation is 1. The normalized spacial score (nSPS) is 12.4. The molecule has 0 amide bonds. The highest BCUT2D eigenvalue weighted by Crippen LogP contribution is 2.28. The molecule has 3 heteroatoms. The van der Waals surface area contributed by atoms with Crippen molar-refractivity contribution < 1.29 is 0 Å². The Balaban J connectivity index is 2.44. The lowest BCUT2D eigenvalue weighted by atomic mass is 9.97. The summed E-state index contributed by atoms with van der Waals surface area (Å²) >= 11 is 9.66.